The molecule has 1 aromatic rings. The number of nitrogens with zero attached hydrogens (tertiary/aromatic N) is 2. The summed E-state index contributed by atoms with van der Waals surface area (Å²) in [5.41, 5.74) is 4.62. The molecule has 2 unspecified atom stereocenters. The second kappa shape index (κ2) is 5.38. The van der Waals surface area contributed by atoms with Gasteiger partial charge in [0.05, 0.1) is 12.0 Å². The Labute approximate surface area is 101 Å². The van der Waals surface area contributed by atoms with E-state index in [1.165, 1.54) is 0 Å². The summed E-state index contributed by atoms with van der Waals surface area (Å²) in [5.74, 6) is -1.40. The monoisotopic (exact) mass is 257 g/mol. The highest BCUT2D eigenvalue weighted by Crippen LogP contribution is 2.25. The lowest BCUT2D eigenvalue weighted by molar-refractivity contribution is -0.384. The van der Waals surface area contributed by atoms with Gasteiger partial charge < -0.3 is 20.7 Å². The lowest BCUT2D eigenvalue weighted by Crippen LogP contribution is -2.29. The van der Waals surface area contributed by atoms with Crippen molar-refractivity contribution in [3.05, 3.63) is 27.9 Å². The molecule has 0 aliphatic carbocycles. The Morgan fingerprint density at radius 1 is 1.61 bits per heavy atom. The van der Waals surface area contributed by atoms with Gasteiger partial charge in [-0.25, -0.2) is 9.78 Å². The maximum absolute atomic E-state index is 11.0. The van der Waals surface area contributed by atoms with Gasteiger partial charge in [-0.3, -0.25) is 10.1 Å². The van der Waals surface area contributed by atoms with Gasteiger partial charge >= 0.3 is 11.7 Å². The van der Waals surface area contributed by atoms with Crippen LogP contribution in [0.2, 0.25) is 0 Å². The summed E-state index contributed by atoms with van der Waals surface area (Å²) < 4.78 is 4.23. The SMILES string of the molecule is COC(=O)C(O)C(O)c1cnc(N)c([N+](=O)[O-])c1. The number of carbonyl (C=O) groups excluding carboxylic acids is 1. The summed E-state index contributed by atoms with van der Waals surface area (Å²) in [4.78, 5) is 24.3. The van der Waals surface area contributed by atoms with Crippen LogP contribution in [0.1, 0.15) is 11.7 Å². The minimum Gasteiger partial charge on any atom is -0.467 e. The normalized spacial score (nSPS) is 13.7. The highest BCUT2D eigenvalue weighted by molar-refractivity contribution is 5.75. The smallest absolute Gasteiger partial charge is 0.337 e. The Balaban J connectivity index is 3.07. The van der Waals surface area contributed by atoms with Gasteiger partial charge in [-0.05, 0) is 0 Å². The molecule has 0 aromatic carbocycles. The van der Waals surface area contributed by atoms with Gasteiger partial charge in [0.1, 0.15) is 6.10 Å². The Kier molecular flexibility index (Phi) is 4.13. The minimum absolute atomic E-state index is 0.117. The number of pyridine rings is 1. The summed E-state index contributed by atoms with van der Waals surface area (Å²) in [6, 6.07) is 0.930. The quantitative estimate of drug-likeness (QED) is 0.358. The van der Waals surface area contributed by atoms with Crippen LogP contribution in [0.15, 0.2) is 12.3 Å². The lowest BCUT2D eigenvalue weighted by atomic mass is 10.1. The zero-order valence-electron chi connectivity index (χ0n) is 9.31. The van der Waals surface area contributed by atoms with Crippen LogP contribution in [0, 0.1) is 10.1 Å². The Hall–Kier alpha value is -2.26. The van der Waals surface area contributed by atoms with Crippen LogP contribution in [-0.4, -0.2) is 39.3 Å². The van der Waals surface area contributed by atoms with Gasteiger partial charge in [0.2, 0.25) is 5.82 Å². The molecule has 0 saturated carbocycles. The lowest BCUT2D eigenvalue weighted by Gasteiger charge is -2.15. The summed E-state index contributed by atoms with van der Waals surface area (Å²) in [6.45, 7) is 0. The zero-order chi connectivity index (χ0) is 13.9. The van der Waals surface area contributed by atoms with Crippen molar-refractivity contribution in [1.29, 1.82) is 0 Å². The maximum Gasteiger partial charge on any atom is 0.337 e. The molecule has 0 aliphatic rings. The molecule has 9 nitrogen and oxygen atoms in total. The third kappa shape index (κ3) is 2.70. The van der Waals surface area contributed by atoms with Crippen molar-refractivity contribution >= 4 is 17.5 Å². The van der Waals surface area contributed by atoms with Crippen molar-refractivity contribution in [1.82, 2.24) is 4.98 Å². The van der Waals surface area contributed by atoms with Crippen molar-refractivity contribution in [2.45, 2.75) is 12.2 Å². The second-order valence-electron chi connectivity index (χ2n) is 3.34. The first kappa shape index (κ1) is 13.8. The van der Waals surface area contributed by atoms with Crippen molar-refractivity contribution < 1.29 is 24.7 Å². The largest absolute Gasteiger partial charge is 0.467 e. The Bertz CT molecular complexity index is 477. The summed E-state index contributed by atoms with van der Waals surface area (Å²) >= 11 is 0. The van der Waals surface area contributed by atoms with E-state index in [2.05, 4.69) is 9.72 Å². The van der Waals surface area contributed by atoms with Gasteiger partial charge in [-0.1, -0.05) is 0 Å². The van der Waals surface area contributed by atoms with E-state index in [9.17, 15) is 25.1 Å². The molecule has 0 radical (unpaired) electrons. The number of rotatable bonds is 4. The van der Waals surface area contributed by atoms with Crippen LogP contribution in [0.3, 0.4) is 0 Å². The topological polar surface area (TPSA) is 149 Å². The second-order valence-corrected chi connectivity index (χ2v) is 3.34. The molecule has 0 fully saturated rings. The van der Waals surface area contributed by atoms with Crippen LogP contribution in [-0.2, 0) is 9.53 Å². The van der Waals surface area contributed by atoms with E-state index in [-0.39, 0.29) is 11.4 Å². The molecule has 0 aliphatic heterocycles. The number of aliphatic hydroxyl groups is 2. The van der Waals surface area contributed by atoms with E-state index in [4.69, 9.17) is 5.73 Å². The van der Waals surface area contributed by atoms with Crippen molar-refractivity contribution in [3.8, 4) is 0 Å². The highest BCUT2D eigenvalue weighted by Gasteiger charge is 2.28. The third-order valence-electron chi connectivity index (χ3n) is 2.20. The first-order valence-corrected chi connectivity index (χ1v) is 4.72. The fraction of sp³-hybridized carbons (Fsp3) is 0.333. The van der Waals surface area contributed by atoms with Gasteiger partial charge in [-0.15, -0.1) is 0 Å². The van der Waals surface area contributed by atoms with E-state index in [1.807, 2.05) is 0 Å². The molecule has 9 heteroatoms. The molecule has 1 rings (SSSR count). The number of aliphatic hydroxyl groups excluding tert-OH is 2. The van der Waals surface area contributed by atoms with E-state index in [0.717, 1.165) is 19.4 Å². The van der Waals surface area contributed by atoms with Crippen molar-refractivity contribution in [3.63, 3.8) is 0 Å². The molecule has 98 valence electrons. The standard InChI is InChI=1S/C9H11N3O6/c1-18-9(15)7(14)6(13)4-2-5(12(16)17)8(10)11-3-4/h2-3,6-7,13-14H,1H3,(H2,10,11). The summed E-state index contributed by atoms with van der Waals surface area (Å²) in [5, 5.41) is 29.6. The first-order chi connectivity index (χ1) is 8.38. The van der Waals surface area contributed by atoms with E-state index in [1.54, 1.807) is 0 Å². The first-order valence-electron chi connectivity index (χ1n) is 4.72. The molecule has 0 spiro atoms. The number of ether oxygens (including phenoxy) is 1. The number of hydrogen-bond acceptors (Lipinski definition) is 8. The Morgan fingerprint density at radius 3 is 2.72 bits per heavy atom. The predicted octanol–water partition coefficient (Wildman–Crippen LogP) is -0.861. The van der Waals surface area contributed by atoms with Crippen LogP contribution in [0.25, 0.3) is 0 Å². The number of aromatic nitrogens is 1. The van der Waals surface area contributed by atoms with Gasteiger partial charge in [-0.2, -0.15) is 0 Å². The summed E-state index contributed by atoms with van der Waals surface area (Å²) in [6.07, 6.45) is -2.52. The third-order valence-corrected chi connectivity index (χ3v) is 2.20. The predicted molar refractivity (Wildman–Crippen MR) is 58.3 cm³/mol. The average Bonchev–Trinajstić information content (AvgIpc) is 2.36. The number of carbonyl (C=O) groups is 1. The molecule has 1 heterocycles. The van der Waals surface area contributed by atoms with E-state index < -0.39 is 28.8 Å². The molecule has 1 aromatic heterocycles. The van der Waals surface area contributed by atoms with E-state index >= 15 is 0 Å². The Morgan fingerprint density at radius 2 is 2.22 bits per heavy atom. The van der Waals surface area contributed by atoms with Crippen LogP contribution >= 0.6 is 0 Å². The van der Waals surface area contributed by atoms with Crippen molar-refractivity contribution in [2.24, 2.45) is 0 Å². The zero-order valence-corrected chi connectivity index (χ0v) is 9.31. The van der Waals surface area contributed by atoms with Crippen LogP contribution < -0.4 is 5.73 Å². The molecule has 4 N–H and O–H groups in total. The molecule has 0 saturated heterocycles. The van der Waals surface area contributed by atoms with Gasteiger partial charge in [0.25, 0.3) is 0 Å². The number of hydrogen-bond donors (Lipinski definition) is 3. The fourth-order valence-corrected chi connectivity index (χ4v) is 1.22. The molecular formula is C9H11N3O6. The van der Waals surface area contributed by atoms with Crippen LogP contribution in [0.4, 0.5) is 11.5 Å². The molecular weight excluding hydrogens is 246 g/mol. The molecule has 2 atom stereocenters. The molecule has 18 heavy (non-hydrogen) atoms. The fourth-order valence-electron chi connectivity index (χ4n) is 1.22. The van der Waals surface area contributed by atoms with Crippen LogP contribution in [0.5, 0.6) is 0 Å². The van der Waals surface area contributed by atoms with Crippen molar-refractivity contribution in [2.75, 3.05) is 12.8 Å². The van der Waals surface area contributed by atoms with Gasteiger partial charge in [0.15, 0.2) is 6.10 Å². The number of nitrogen functional groups attached to an aromatic ring is 1. The molecule has 0 bridgehead atoms. The summed E-state index contributed by atoms with van der Waals surface area (Å²) in [7, 11) is 1.03. The number of esters is 1. The van der Waals surface area contributed by atoms with E-state index in [0.29, 0.717) is 0 Å². The number of nitro groups is 1. The molecule has 0 amide bonds. The number of nitrogens with two attached hydrogens (primary N) is 1. The number of methoxy groups -OCH3 is 1. The van der Waals surface area contributed by atoms with Gasteiger partial charge in [0, 0.05) is 17.8 Å². The average molecular weight is 257 g/mol. The maximum atomic E-state index is 11.0. The minimum atomic E-state index is -1.86. The number of anilines is 1. The highest BCUT2D eigenvalue weighted by atomic mass is 16.6.